The van der Waals surface area contributed by atoms with Gasteiger partial charge in [0.2, 0.25) is 10.0 Å². The van der Waals surface area contributed by atoms with Gasteiger partial charge in [0.25, 0.3) is 5.91 Å². The van der Waals surface area contributed by atoms with E-state index < -0.39 is 10.0 Å². The maximum Gasteiger partial charge on any atom is 0.255 e. The first-order valence-electron chi connectivity index (χ1n) is 10.4. The number of carbonyl (C=O) groups excluding carboxylic acids is 1. The number of amides is 1. The van der Waals surface area contributed by atoms with E-state index in [1.54, 1.807) is 38.1 Å². The Morgan fingerprint density at radius 2 is 1.82 bits per heavy atom. The molecule has 0 aliphatic carbocycles. The van der Waals surface area contributed by atoms with Gasteiger partial charge in [-0.3, -0.25) is 9.52 Å². The largest absolute Gasteiger partial charge is 0.333 e. The van der Waals surface area contributed by atoms with Gasteiger partial charge in [-0.2, -0.15) is 0 Å². The number of rotatable bonds is 8. The Kier molecular flexibility index (Phi) is 6.71. The summed E-state index contributed by atoms with van der Waals surface area (Å²) in [6.07, 6.45) is 0. The number of thioether (sulfide) groups is 1. The van der Waals surface area contributed by atoms with Gasteiger partial charge >= 0.3 is 0 Å². The van der Waals surface area contributed by atoms with Gasteiger partial charge in [-0.05, 0) is 61.4 Å². The summed E-state index contributed by atoms with van der Waals surface area (Å²) in [5, 5.41) is 3.71. The molecular formula is C24H24N4O3S2. The summed E-state index contributed by atoms with van der Waals surface area (Å²) in [6.45, 7) is 3.37. The molecule has 0 fully saturated rings. The van der Waals surface area contributed by atoms with E-state index in [4.69, 9.17) is 0 Å². The van der Waals surface area contributed by atoms with Crippen molar-refractivity contribution in [1.29, 1.82) is 0 Å². The van der Waals surface area contributed by atoms with Crippen LogP contribution in [0.3, 0.4) is 0 Å². The Labute approximate surface area is 197 Å². The van der Waals surface area contributed by atoms with E-state index >= 15 is 0 Å². The topological polar surface area (TPSA) is 104 Å². The fraction of sp³-hybridized carbons (Fsp3) is 0.167. The van der Waals surface area contributed by atoms with Crippen molar-refractivity contribution in [1.82, 2.24) is 9.97 Å². The number of aromatic nitrogens is 2. The van der Waals surface area contributed by atoms with Gasteiger partial charge in [0.15, 0.2) is 5.16 Å². The van der Waals surface area contributed by atoms with Gasteiger partial charge in [-0.1, -0.05) is 42.1 Å². The van der Waals surface area contributed by atoms with Gasteiger partial charge in [0.1, 0.15) is 0 Å². The summed E-state index contributed by atoms with van der Waals surface area (Å²) in [4.78, 5) is 20.9. The van der Waals surface area contributed by atoms with Crippen LogP contribution in [0.1, 0.15) is 28.4 Å². The summed E-state index contributed by atoms with van der Waals surface area (Å²) in [7, 11) is -3.36. The molecule has 0 radical (unpaired) electrons. The van der Waals surface area contributed by atoms with Gasteiger partial charge < -0.3 is 10.3 Å². The van der Waals surface area contributed by atoms with Crippen molar-refractivity contribution in [3.8, 4) is 0 Å². The Hall–Kier alpha value is -3.30. The SMILES string of the molecule is CCS(=O)(=O)Nc1ccc(NC(=O)c2ccccc2CSc2nc3ccccc3[nH]2)cc1C. The van der Waals surface area contributed by atoms with E-state index in [9.17, 15) is 13.2 Å². The van der Waals surface area contributed by atoms with Gasteiger partial charge in [-0.25, -0.2) is 13.4 Å². The van der Waals surface area contributed by atoms with E-state index in [0.29, 0.717) is 22.7 Å². The minimum absolute atomic E-state index is 0.00620. The van der Waals surface area contributed by atoms with Crippen molar-refractivity contribution < 1.29 is 13.2 Å². The number of hydrogen-bond acceptors (Lipinski definition) is 5. The standard InChI is InChI=1S/C24H24N4O3S2/c1-3-33(30,31)28-20-13-12-18(14-16(20)2)25-23(29)19-9-5-4-8-17(19)15-32-24-26-21-10-6-7-11-22(21)27-24/h4-14,28H,3,15H2,1-2H3,(H,25,29)(H,26,27). The predicted octanol–water partition coefficient (Wildman–Crippen LogP) is 5.18. The lowest BCUT2D eigenvalue weighted by molar-refractivity contribution is 0.102. The van der Waals surface area contributed by atoms with Gasteiger partial charge in [0, 0.05) is 17.0 Å². The molecule has 0 saturated heterocycles. The molecule has 0 bridgehead atoms. The molecular weight excluding hydrogens is 456 g/mol. The molecule has 0 saturated carbocycles. The predicted molar refractivity (Wildman–Crippen MR) is 134 cm³/mol. The lowest BCUT2D eigenvalue weighted by atomic mass is 10.1. The number of hydrogen-bond donors (Lipinski definition) is 3. The number of imidazole rings is 1. The van der Waals surface area contributed by atoms with Crippen LogP contribution < -0.4 is 10.0 Å². The third-order valence-electron chi connectivity index (χ3n) is 5.12. The summed E-state index contributed by atoms with van der Waals surface area (Å²) >= 11 is 1.54. The molecule has 1 amide bonds. The number of benzene rings is 3. The Bertz CT molecular complexity index is 1380. The summed E-state index contributed by atoms with van der Waals surface area (Å²) in [5.74, 6) is 0.352. The highest BCUT2D eigenvalue weighted by molar-refractivity contribution is 7.98. The molecule has 0 spiro atoms. The molecule has 0 aliphatic rings. The maximum atomic E-state index is 13.0. The van der Waals surface area contributed by atoms with Crippen LogP contribution in [0.15, 0.2) is 71.9 Å². The van der Waals surface area contributed by atoms with E-state index in [1.807, 2.05) is 42.5 Å². The van der Waals surface area contributed by atoms with E-state index in [1.165, 1.54) is 11.8 Å². The average Bonchev–Trinajstić information content (AvgIpc) is 3.23. The Morgan fingerprint density at radius 1 is 1.06 bits per heavy atom. The molecule has 0 unspecified atom stereocenters. The van der Waals surface area contributed by atoms with Crippen LogP contribution >= 0.6 is 11.8 Å². The number of sulfonamides is 1. The first-order chi connectivity index (χ1) is 15.8. The smallest absolute Gasteiger partial charge is 0.255 e. The van der Waals surface area contributed by atoms with Crippen molar-refractivity contribution >= 4 is 50.1 Å². The minimum atomic E-state index is -3.36. The normalized spacial score (nSPS) is 11.5. The third-order valence-corrected chi connectivity index (χ3v) is 7.34. The second kappa shape index (κ2) is 9.68. The van der Waals surface area contributed by atoms with E-state index in [-0.39, 0.29) is 11.7 Å². The van der Waals surface area contributed by atoms with Crippen LogP contribution in [0.5, 0.6) is 0 Å². The lowest BCUT2D eigenvalue weighted by Gasteiger charge is -2.13. The van der Waals surface area contributed by atoms with Crippen molar-refractivity contribution in [2.75, 3.05) is 15.8 Å². The molecule has 0 aliphatic heterocycles. The van der Waals surface area contributed by atoms with Crippen LogP contribution in [0.25, 0.3) is 11.0 Å². The summed E-state index contributed by atoms with van der Waals surface area (Å²) < 4.78 is 26.2. The van der Waals surface area contributed by atoms with Crippen LogP contribution in [0, 0.1) is 6.92 Å². The monoisotopic (exact) mass is 480 g/mol. The van der Waals surface area contributed by atoms with Crippen LogP contribution in [0.4, 0.5) is 11.4 Å². The van der Waals surface area contributed by atoms with Crippen LogP contribution in [-0.2, 0) is 15.8 Å². The molecule has 0 atom stereocenters. The van der Waals surface area contributed by atoms with Crippen LogP contribution in [-0.4, -0.2) is 30.0 Å². The summed E-state index contributed by atoms with van der Waals surface area (Å²) in [6, 6.07) is 20.4. The fourth-order valence-electron chi connectivity index (χ4n) is 3.31. The van der Waals surface area contributed by atoms with E-state index in [2.05, 4.69) is 20.0 Å². The maximum absolute atomic E-state index is 13.0. The zero-order valence-electron chi connectivity index (χ0n) is 18.3. The quantitative estimate of drug-likeness (QED) is 0.302. The number of para-hydroxylation sites is 2. The van der Waals surface area contributed by atoms with Gasteiger partial charge in [0.05, 0.1) is 22.5 Å². The van der Waals surface area contributed by atoms with Gasteiger partial charge in [-0.15, -0.1) is 0 Å². The highest BCUT2D eigenvalue weighted by atomic mass is 32.2. The van der Waals surface area contributed by atoms with Crippen molar-refractivity contribution in [2.24, 2.45) is 0 Å². The second-order valence-corrected chi connectivity index (χ2v) is 10.5. The number of aryl methyl sites for hydroxylation is 1. The number of nitrogens with zero attached hydrogens (tertiary/aromatic N) is 1. The molecule has 7 nitrogen and oxygen atoms in total. The average molecular weight is 481 g/mol. The molecule has 4 rings (SSSR count). The first-order valence-corrected chi connectivity index (χ1v) is 13.1. The number of aromatic amines is 1. The van der Waals surface area contributed by atoms with Crippen molar-refractivity contribution in [2.45, 2.75) is 24.8 Å². The zero-order valence-corrected chi connectivity index (χ0v) is 19.9. The molecule has 4 aromatic rings. The first kappa shape index (κ1) is 22.9. The molecule has 1 aromatic heterocycles. The number of fused-ring (bicyclic) bond motifs is 1. The fourth-order valence-corrected chi connectivity index (χ4v) is 4.90. The van der Waals surface area contributed by atoms with Crippen molar-refractivity contribution in [3.05, 3.63) is 83.4 Å². The molecule has 9 heteroatoms. The highest BCUT2D eigenvalue weighted by Crippen LogP contribution is 2.26. The number of anilines is 2. The van der Waals surface area contributed by atoms with Crippen molar-refractivity contribution in [3.63, 3.8) is 0 Å². The number of nitrogens with one attached hydrogen (secondary N) is 3. The minimum Gasteiger partial charge on any atom is -0.333 e. The molecule has 3 aromatic carbocycles. The number of H-pyrrole nitrogens is 1. The van der Waals surface area contributed by atoms with Crippen LogP contribution in [0.2, 0.25) is 0 Å². The Balaban J connectivity index is 1.47. The zero-order chi connectivity index (χ0) is 23.4. The Morgan fingerprint density at radius 3 is 2.58 bits per heavy atom. The molecule has 170 valence electrons. The molecule has 3 N–H and O–H groups in total. The molecule has 1 heterocycles. The van der Waals surface area contributed by atoms with E-state index in [0.717, 1.165) is 27.3 Å². The highest BCUT2D eigenvalue weighted by Gasteiger charge is 2.14. The second-order valence-electron chi connectivity index (χ2n) is 7.49. The lowest BCUT2D eigenvalue weighted by Crippen LogP contribution is -2.16. The third kappa shape index (κ3) is 5.55. The summed E-state index contributed by atoms with van der Waals surface area (Å²) in [5.41, 5.74) is 5.17. The number of carbonyl (C=O) groups is 1. The molecule has 33 heavy (non-hydrogen) atoms.